The molecule has 1 fully saturated rings. The van der Waals surface area contributed by atoms with E-state index in [-0.39, 0.29) is 17.2 Å². The topological polar surface area (TPSA) is 87.2 Å². The lowest BCUT2D eigenvalue weighted by Gasteiger charge is -2.43. The molecule has 2 atom stereocenters. The predicted molar refractivity (Wildman–Crippen MR) is 120 cm³/mol. The molecule has 1 aliphatic heterocycles. The highest BCUT2D eigenvalue weighted by molar-refractivity contribution is 7.92. The fourth-order valence-corrected chi connectivity index (χ4v) is 5.89. The van der Waals surface area contributed by atoms with Crippen LogP contribution in [0, 0.1) is 0 Å². The summed E-state index contributed by atoms with van der Waals surface area (Å²) in [5.74, 6) is -0.0791. The van der Waals surface area contributed by atoms with Gasteiger partial charge in [0, 0.05) is 20.1 Å². The summed E-state index contributed by atoms with van der Waals surface area (Å²) in [6.07, 6.45) is 0.292. The molecule has 1 amide bonds. The molecule has 1 saturated carbocycles. The molecule has 0 bridgehead atoms. The van der Waals surface area contributed by atoms with Gasteiger partial charge in [0.15, 0.2) is 9.84 Å². The second-order valence-electron chi connectivity index (χ2n) is 8.15. The van der Waals surface area contributed by atoms with Crippen LogP contribution in [0.25, 0.3) is 11.1 Å². The SMILES string of the molecule is CCOC(O)N1C[C@H](C)N(C(C)=O)c2ccc(-c3cccc(S(=O)(=O)C4CC4)c3)cc21. The molecule has 4 rings (SSSR count). The zero-order valence-electron chi connectivity index (χ0n) is 18.0. The third-order valence-corrected chi connectivity index (χ3v) is 8.09. The summed E-state index contributed by atoms with van der Waals surface area (Å²) in [7, 11) is -3.30. The van der Waals surface area contributed by atoms with Crippen molar-refractivity contribution >= 4 is 27.1 Å². The van der Waals surface area contributed by atoms with E-state index in [4.69, 9.17) is 4.74 Å². The highest BCUT2D eigenvalue weighted by Crippen LogP contribution is 2.40. The van der Waals surface area contributed by atoms with Crippen molar-refractivity contribution in [1.82, 2.24) is 0 Å². The quantitative estimate of drug-likeness (QED) is 0.689. The fraction of sp³-hybridized carbons (Fsp3) is 0.435. The van der Waals surface area contributed by atoms with E-state index in [0.717, 1.165) is 24.0 Å². The standard InChI is InChI=1S/C23H28N2O5S/c1-4-30-23(27)24-14-15(2)25(16(3)26)21-11-8-18(13-22(21)24)17-6-5-7-20(12-17)31(28,29)19-9-10-19/h5-8,11-13,15,19,23,27H,4,9-10,14H2,1-3H3/t15-,23?/m0/s1. The number of ether oxygens (including phenoxy) is 1. The van der Waals surface area contributed by atoms with E-state index >= 15 is 0 Å². The third kappa shape index (κ3) is 4.07. The van der Waals surface area contributed by atoms with E-state index in [9.17, 15) is 18.3 Å². The number of amides is 1. The minimum atomic E-state index is -3.30. The van der Waals surface area contributed by atoms with Crippen LogP contribution in [0.15, 0.2) is 47.4 Å². The Bertz CT molecular complexity index is 1100. The predicted octanol–water partition coefficient (Wildman–Crippen LogP) is 3.16. The van der Waals surface area contributed by atoms with Gasteiger partial charge in [0.25, 0.3) is 0 Å². The number of fused-ring (bicyclic) bond motifs is 1. The molecule has 1 aliphatic carbocycles. The summed E-state index contributed by atoms with van der Waals surface area (Å²) in [5, 5.41) is 10.3. The molecule has 0 saturated heterocycles. The zero-order valence-corrected chi connectivity index (χ0v) is 18.8. The normalized spacial score (nSPS) is 19.8. The van der Waals surface area contributed by atoms with Crippen molar-refractivity contribution in [3.63, 3.8) is 0 Å². The molecule has 0 radical (unpaired) electrons. The number of anilines is 2. The number of sulfone groups is 1. The monoisotopic (exact) mass is 444 g/mol. The molecule has 0 aromatic heterocycles. The van der Waals surface area contributed by atoms with E-state index in [0.29, 0.717) is 29.4 Å². The highest BCUT2D eigenvalue weighted by atomic mass is 32.2. The summed E-state index contributed by atoms with van der Waals surface area (Å²) < 4.78 is 30.8. The van der Waals surface area contributed by atoms with E-state index in [2.05, 4.69) is 0 Å². The van der Waals surface area contributed by atoms with Crippen LogP contribution in [0.5, 0.6) is 0 Å². The Morgan fingerprint density at radius 2 is 1.87 bits per heavy atom. The van der Waals surface area contributed by atoms with Crippen LogP contribution in [0.3, 0.4) is 0 Å². The highest BCUT2D eigenvalue weighted by Gasteiger charge is 2.37. The number of carbonyl (C=O) groups is 1. The average Bonchev–Trinajstić information content (AvgIpc) is 3.59. The van der Waals surface area contributed by atoms with Crippen molar-refractivity contribution in [2.24, 2.45) is 0 Å². The first-order valence-electron chi connectivity index (χ1n) is 10.6. The minimum Gasteiger partial charge on any atom is -0.351 e. The van der Waals surface area contributed by atoms with Crippen molar-refractivity contribution in [3.8, 4) is 11.1 Å². The second kappa shape index (κ2) is 8.26. The van der Waals surface area contributed by atoms with Gasteiger partial charge >= 0.3 is 0 Å². The summed E-state index contributed by atoms with van der Waals surface area (Å²) >= 11 is 0. The van der Waals surface area contributed by atoms with Crippen molar-refractivity contribution in [2.75, 3.05) is 23.0 Å². The van der Waals surface area contributed by atoms with E-state index in [1.165, 1.54) is 6.92 Å². The summed E-state index contributed by atoms with van der Waals surface area (Å²) in [4.78, 5) is 16.1. The molecule has 7 nitrogen and oxygen atoms in total. The van der Waals surface area contributed by atoms with Gasteiger partial charge in [-0.2, -0.15) is 0 Å². The van der Waals surface area contributed by atoms with Crippen LogP contribution >= 0.6 is 0 Å². The van der Waals surface area contributed by atoms with Crippen LogP contribution in [-0.2, 0) is 19.4 Å². The lowest BCUT2D eigenvalue weighted by molar-refractivity contribution is -0.117. The van der Waals surface area contributed by atoms with E-state index < -0.39 is 16.3 Å². The molecule has 8 heteroatoms. The number of hydrogen-bond donors (Lipinski definition) is 1. The van der Waals surface area contributed by atoms with Crippen LogP contribution < -0.4 is 9.80 Å². The second-order valence-corrected chi connectivity index (χ2v) is 10.4. The Morgan fingerprint density at radius 3 is 2.52 bits per heavy atom. The molecule has 0 spiro atoms. The van der Waals surface area contributed by atoms with Crippen LogP contribution in [-0.4, -0.2) is 50.3 Å². The first-order valence-corrected chi connectivity index (χ1v) is 12.1. The van der Waals surface area contributed by atoms with Gasteiger partial charge < -0.3 is 19.6 Å². The zero-order chi connectivity index (χ0) is 22.3. The van der Waals surface area contributed by atoms with Crippen LogP contribution in [0.1, 0.15) is 33.6 Å². The number of nitrogens with zero attached hydrogens (tertiary/aromatic N) is 2. The Morgan fingerprint density at radius 1 is 1.16 bits per heavy atom. The molecule has 1 N–H and O–H groups in total. The Kier molecular flexibility index (Phi) is 5.81. The molecule has 1 heterocycles. The molecular formula is C23H28N2O5S. The Labute approximate surface area is 183 Å². The lowest BCUT2D eigenvalue weighted by Crippen LogP contribution is -2.53. The largest absolute Gasteiger partial charge is 0.351 e. The summed E-state index contributed by atoms with van der Waals surface area (Å²) in [6, 6.07) is 12.4. The van der Waals surface area contributed by atoms with E-state index in [1.807, 2.05) is 38.1 Å². The van der Waals surface area contributed by atoms with Crippen molar-refractivity contribution < 1.29 is 23.1 Å². The number of benzene rings is 2. The third-order valence-electron chi connectivity index (χ3n) is 5.83. The summed E-state index contributed by atoms with van der Waals surface area (Å²) in [6.45, 7) is 6.01. The maximum absolute atomic E-state index is 12.7. The lowest BCUT2D eigenvalue weighted by atomic mass is 10.0. The number of aliphatic hydroxyl groups excluding tert-OH is 1. The van der Waals surface area contributed by atoms with Gasteiger partial charge in [-0.3, -0.25) is 4.79 Å². The first-order chi connectivity index (χ1) is 14.7. The molecule has 166 valence electrons. The molecular weight excluding hydrogens is 416 g/mol. The maximum atomic E-state index is 12.7. The first kappa shape index (κ1) is 21.8. The molecule has 2 aromatic carbocycles. The van der Waals surface area contributed by atoms with Gasteiger partial charge in [-0.05, 0) is 62.1 Å². The van der Waals surface area contributed by atoms with Crippen molar-refractivity contribution in [1.29, 1.82) is 0 Å². The molecule has 1 unspecified atom stereocenters. The van der Waals surface area contributed by atoms with Gasteiger partial charge in [-0.1, -0.05) is 18.2 Å². The molecule has 2 aliphatic rings. The van der Waals surface area contributed by atoms with Crippen LogP contribution in [0.2, 0.25) is 0 Å². The van der Waals surface area contributed by atoms with Crippen LogP contribution in [0.4, 0.5) is 11.4 Å². The van der Waals surface area contributed by atoms with Gasteiger partial charge in [-0.15, -0.1) is 0 Å². The minimum absolute atomic E-state index is 0.0791. The summed E-state index contributed by atoms with van der Waals surface area (Å²) in [5.41, 5.74) is 2.93. The van der Waals surface area contributed by atoms with Gasteiger partial charge in [0.05, 0.1) is 27.6 Å². The van der Waals surface area contributed by atoms with E-state index in [1.54, 1.807) is 28.0 Å². The smallest absolute Gasteiger partial charge is 0.238 e. The average molecular weight is 445 g/mol. The van der Waals surface area contributed by atoms with Gasteiger partial charge in [-0.25, -0.2) is 8.42 Å². The number of hydrogen-bond acceptors (Lipinski definition) is 6. The maximum Gasteiger partial charge on any atom is 0.238 e. The Hall–Kier alpha value is -2.42. The number of carbonyl (C=O) groups excluding carboxylic acids is 1. The number of aliphatic hydroxyl groups is 1. The molecule has 2 aromatic rings. The van der Waals surface area contributed by atoms with Gasteiger partial charge in [0.2, 0.25) is 12.3 Å². The fourth-order valence-electron chi connectivity index (χ4n) is 4.19. The van der Waals surface area contributed by atoms with Gasteiger partial charge in [0.1, 0.15) is 0 Å². The van der Waals surface area contributed by atoms with Crippen molar-refractivity contribution in [2.45, 2.75) is 56.2 Å². The van der Waals surface area contributed by atoms with Crippen molar-refractivity contribution in [3.05, 3.63) is 42.5 Å². The molecule has 31 heavy (non-hydrogen) atoms. The number of rotatable bonds is 6. The Balaban J connectivity index is 1.79.